The standard InChI is InChI=1S/C5H7NO4/c7-4-1-2-10-6(4)3-5(8)9/h1-3H2,(H,8,9). The summed E-state index contributed by atoms with van der Waals surface area (Å²) < 4.78 is 0. The largest absolute Gasteiger partial charge is 0.480 e. The average molecular weight is 145 g/mol. The lowest BCUT2D eigenvalue weighted by Crippen LogP contribution is -2.29. The Bertz CT molecular complexity index is 167. The lowest BCUT2D eigenvalue weighted by atomic mass is 10.4. The van der Waals surface area contributed by atoms with Crippen LogP contribution in [-0.2, 0) is 14.4 Å². The van der Waals surface area contributed by atoms with Gasteiger partial charge in [0, 0.05) is 0 Å². The zero-order valence-corrected chi connectivity index (χ0v) is 5.24. The molecular formula is C5H7NO4. The molecule has 0 atom stereocenters. The molecular weight excluding hydrogens is 138 g/mol. The average Bonchev–Trinajstić information content (AvgIpc) is 2.15. The molecule has 1 N–H and O–H groups in total. The van der Waals surface area contributed by atoms with Crippen LogP contribution in [0.25, 0.3) is 0 Å². The van der Waals surface area contributed by atoms with E-state index < -0.39 is 5.97 Å². The van der Waals surface area contributed by atoms with Crippen molar-refractivity contribution in [3.8, 4) is 0 Å². The molecule has 0 bridgehead atoms. The molecule has 5 heteroatoms. The predicted octanol–water partition coefficient (Wildman–Crippen LogP) is -0.765. The van der Waals surface area contributed by atoms with E-state index in [0.717, 1.165) is 5.06 Å². The van der Waals surface area contributed by atoms with E-state index in [-0.39, 0.29) is 18.9 Å². The predicted molar refractivity (Wildman–Crippen MR) is 29.9 cm³/mol. The number of rotatable bonds is 2. The van der Waals surface area contributed by atoms with Crippen molar-refractivity contribution in [2.45, 2.75) is 6.42 Å². The number of hydrogen-bond acceptors (Lipinski definition) is 3. The van der Waals surface area contributed by atoms with Gasteiger partial charge in [0.2, 0.25) is 5.91 Å². The number of amides is 1. The Morgan fingerprint density at radius 2 is 2.50 bits per heavy atom. The molecule has 1 rings (SSSR count). The van der Waals surface area contributed by atoms with Crippen molar-refractivity contribution >= 4 is 11.9 Å². The van der Waals surface area contributed by atoms with Crippen LogP contribution in [0.15, 0.2) is 0 Å². The summed E-state index contributed by atoms with van der Waals surface area (Å²) in [7, 11) is 0. The first-order valence-corrected chi connectivity index (χ1v) is 2.85. The molecule has 0 aromatic carbocycles. The maximum atomic E-state index is 10.6. The second kappa shape index (κ2) is 2.66. The van der Waals surface area contributed by atoms with Gasteiger partial charge in [-0.25, -0.2) is 5.06 Å². The third-order valence-electron chi connectivity index (χ3n) is 1.12. The Hall–Kier alpha value is -1.10. The zero-order valence-electron chi connectivity index (χ0n) is 5.24. The third-order valence-corrected chi connectivity index (χ3v) is 1.12. The SMILES string of the molecule is O=C(O)CN1OCCC1=O. The van der Waals surface area contributed by atoms with E-state index in [9.17, 15) is 9.59 Å². The van der Waals surface area contributed by atoms with Crippen molar-refractivity contribution in [3.05, 3.63) is 0 Å². The van der Waals surface area contributed by atoms with Gasteiger partial charge in [-0.15, -0.1) is 0 Å². The normalized spacial score (nSPS) is 18.0. The minimum absolute atomic E-state index is 0.262. The molecule has 1 aliphatic heterocycles. The van der Waals surface area contributed by atoms with Gasteiger partial charge < -0.3 is 5.11 Å². The topological polar surface area (TPSA) is 66.8 Å². The summed E-state index contributed by atoms with van der Waals surface area (Å²) in [5, 5.41) is 9.08. The fourth-order valence-electron chi connectivity index (χ4n) is 0.697. The molecule has 0 aromatic heterocycles. The molecule has 0 aliphatic carbocycles. The monoisotopic (exact) mass is 145 g/mol. The summed E-state index contributed by atoms with van der Waals surface area (Å²) in [4.78, 5) is 25.4. The molecule has 1 saturated heterocycles. The summed E-state index contributed by atoms with van der Waals surface area (Å²) in [6.45, 7) is -0.0645. The van der Waals surface area contributed by atoms with Crippen molar-refractivity contribution in [3.63, 3.8) is 0 Å². The van der Waals surface area contributed by atoms with Crippen LogP contribution in [0.3, 0.4) is 0 Å². The van der Waals surface area contributed by atoms with Gasteiger partial charge in [0.25, 0.3) is 0 Å². The smallest absolute Gasteiger partial charge is 0.325 e. The Kier molecular flexibility index (Phi) is 1.86. The molecule has 0 saturated carbocycles. The van der Waals surface area contributed by atoms with E-state index in [4.69, 9.17) is 5.11 Å². The highest BCUT2D eigenvalue weighted by atomic mass is 16.7. The van der Waals surface area contributed by atoms with Crippen LogP contribution in [0, 0.1) is 0 Å². The fraction of sp³-hybridized carbons (Fsp3) is 0.600. The van der Waals surface area contributed by atoms with Gasteiger partial charge in [-0.3, -0.25) is 14.4 Å². The van der Waals surface area contributed by atoms with Gasteiger partial charge in [0.15, 0.2) is 0 Å². The maximum Gasteiger partial charge on any atom is 0.325 e. The number of carboxylic acid groups (broad SMARTS) is 1. The Labute approximate surface area is 57.1 Å². The number of nitrogens with zero attached hydrogens (tertiary/aromatic N) is 1. The molecule has 1 fully saturated rings. The van der Waals surface area contributed by atoms with Gasteiger partial charge in [-0.1, -0.05) is 0 Å². The van der Waals surface area contributed by atoms with Gasteiger partial charge in [0.1, 0.15) is 6.54 Å². The van der Waals surface area contributed by atoms with Crippen LogP contribution in [0.4, 0.5) is 0 Å². The molecule has 56 valence electrons. The summed E-state index contributed by atoms with van der Waals surface area (Å²) in [5.74, 6) is -1.32. The highest BCUT2D eigenvalue weighted by Crippen LogP contribution is 2.04. The summed E-state index contributed by atoms with van der Waals surface area (Å²) >= 11 is 0. The van der Waals surface area contributed by atoms with Crippen LogP contribution >= 0.6 is 0 Å². The Morgan fingerprint density at radius 3 is 2.90 bits per heavy atom. The highest BCUT2D eigenvalue weighted by molar-refractivity contribution is 5.81. The molecule has 0 unspecified atom stereocenters. The van der Waals surface area contributed by atoms with Gasteiger partial charge in [-0.05, 0) is 0 Å². The molecule has 0 radical (unpaired) electrons. The number of aliphatic carboxylic acids is 1. The molecule has 1 aliphatic rings. The van der Waals surface area contributed by atoms with Gasteiger partial charge in [0.05, 0.1) is 13.0 Å². The highest BCUT2D eigenvalue weighted by Gasteiger charge is 2.23. The third kappa shape index (κ3) is 1.44. The molecule has 10 heavy (non-hydrogen) atoms. The van der Waals surface area contributed by atoms with Crippen LogP contribution in [0.1, 0.15) is 6.42 Å². The molecule has 5 nitrogen and oxygen atoms in total. The second-order valence-corrected chi connectivity index (χ2v) is 1.91. The van der Waals surface area contributed by atoms with Crippen molar-refractivity contribution in [2.75, 3.05) is 13.2 Å². The molecule has 0 spiro atoms. The van der Waals surface area contributed by atoms with Crippen LogP contribution in [0.5, 0.6) is 0 Å². The van der Waals surface area contributed by atoms with E-state index in [2.05, 4.69) is 4.84 Å². The summed E-state index contributed by atoms with van der Waals surface area (Å²) in [6.07, 6.45) is 0.285. The lowest BCUT2D eigenvalue weighted by Gasteiger charge is -2.09. The molecule has 1 amide bonds. The first-order chi connectivity index (χ1) is 4.70. The number of hydroxylamine groups is 2. The van der Waals surface area contributed by atoms with Crippen molar-refractivity contribution in [2.24, 2.45) is 0 Å². The van der Waals surface area contributed by atoms with Crippen molar-refractivity contribution < 1.29 is 19.5 Å². The van der Waals surface area contributed by atoms with E-state index in [1.807, 2.05) is 0 Å². The lowest BCUT2D eigenvalue weighted by molar-refractivity contribution is -0.171. The maximum absolute atomic E-state index is 10.6. The van der Waals surface area contributed by atoms with E-state index in [1.165, 1.54) is 0 Å². The summed E-state index contributed by atoms with van der Waals surface area (Å²) in [6, 6.07) is 0. The fourth-order valence-corrected chi connectivity index (χ4v) is 0.697. The quantitative estimate of drug-likeness (QED) is 0.554. The number of hydrogen-bond donors (Lipinski definition) is 1. The van der Waals surface area contributed by atoms with Crippen molar-refractivity contribution in [1.82, 2.24) is 5.06 Å². The van der Waals surface area contributed by atoms with Gasteiger partial charge >= 0.3 is 5.97 Å². The van der Waals surface area contributed by atoms with Crippen LogP contribution < -0.4 is 0 Å². The molecule has 0 aromatic rings. The van der Waals surface area contributed by atoms with Crippen molar-refractivity contribution in [1.29, 1.82) is 0 Å². The number of carboxylic acids is 1. The minimum atomic E-state index is -1.06. The Balaban J connectivity index is 2.40. The van der Waals surface area contributed by atoms with E-state index in [0.29, 0.717) is 6.61 Å². The Morgan fingerprint density at radius 1 is 1.80 bits per heavy atom. The second-order valence-electron chi connectivity index (χ2n) is 1.91. The molecule has 1 heterocycles. The van der Waals surface area contributed by atoms with Crippen LogP contribution in [-0.4, -0.2) is 35.2 Å². The van der Waals surface area contributed by atoms with E-state index in [1.54, 1.807) is 0 Å². The van der Waals surface area contributed by atoms with Crippen LogP contribution in [0.2, 0.25) is 0 Å². The first kappa shape index (κ1) is 7.01. The summed E-state index contributed by atoms with van der Waals surface area (Å²) in [5.41, 5.74) is 0. The minimum Gasteiger partial charge on any atom is -0.480 e. The number of carbonyl (C=O) groups is 2. The first-order valence-electron chi connectivity index (χ1n) is 2.85. The number of carbonyl (C=O) groups excluding carboxylic acids is 1. The van der Waals surface area contributed by atoms with Gasteiger partial charge in [-0.2, -0.15) is 0 Å². The zero-order chi connectivity index (χ0) is 7.56. The van der Waals surface area contributed by atoms with E-state index >= 15 is 0 Å².